The molecule has 0 atom stereocenters. The minimum absolute atomic E-state index is 0.109. The number of aliphatic hydroxyl groups excluding tert-OH is 1. The number of nitrogens with zero attached hydrogens (tertiary/aromatic N) is 5. The first-order chi connectivity index (χ1) is 19.4. The molecule has 8 nitrogen and oxygen atoms in total. The van der Waals surface area contributed by atoms with Crippen molar-refractivity contribution in [2.45, 2.75) is 18.4 Å². The van der Waals surface area contributed by atoms with Gasteiger partial charge in [0.15, 0.2) is 11.0 Å². The number of thioether (sulfide) groups is 1. The number of imidazole rings is 1. The maximum absolute atomic E-state index is 11.5. The second-order valence-corrected chi connectivity index (χ2v) is 10.2. The number of aromatic nitrogens is 4. The minimum atomic E-state index is -0.239. The van der Waals surface area contributed by atoms with E-state index in [4.69, 9.17) is 38.2 Å². The van der Waals surface area contributed by atoms with Crippen LogP contribution in [0.15, 0.2) is 78.1 Å². The first-order valence-electron chi connectivity index (χ1n) is 11.9. The quantitative estimate of drug-likeness (QED) is 0.114. The molecule has 40 heavy (non-hydrogen) atoms. The van der Waals surface area contributed by atoms with E-state index in [0.29, 0.717) is 50.2 Å². The highest BCUT2D eigenvalue weighted by atomic mass is 35.5. The molecule has 0 bridgehead atoms. The fourth-order valence-electron chi connectivity index (χ4n) is 4.09. The van der Waals surface area contributed by atoms with Crippen molar-refractivity contribution in [2.24, 2.45) is 0 Å². The van der Waals surface area contributed by atoms with Gasteiger partial charge in [-0.1, -0.05) is 59.2 Å². The second-order valence-electron chi connectivity index (χ2n) is 8.59. The Morgan fingerprint density at radius 1 is 1.00 bits per heavy atom. The monoisotopic (exact) mass is 589 g/mol. The molecule has 0 aliphatic rings. The van der Waals surface area contributed by atoms with Gasteiger partial charge >= 0.3 is 0 Å². The number of hydrogen-bond donors (Lipinski definition) is 2. The standard InChI is InChI=1S/C29H21Cl2N5O3S/c1-40-29-33-10-9-24(34-29)26-27(36(38)28(35-26)25-22(30)11-19(15-37)12-23(25)31)20-3-2-4-21(13-20)39-16-18-7-5-17(14-32)6-8-18/h2-13,37-38H,15-16H2,1H3. The molecular formula is C29H21Cl2N5O3S. The van der Waals surface area contributed by atoms with Crippen LogP contribution in [-0.2, 0) is 13.2 Å². The molecule has 2 aromatic heterocycles. The van der Waals surface area contributed by atoms with Gasteiger partial charge in [0, 0.05) is 11.8 Å². The first kappa shape index (κ1) is 27.5. The molecule has 0 spiro atoms. The summed E-state index contributed by atoms with van der Waals surface area (Å²) >= 11 is 14.5. The Bertz CT molecular complexity index is 1710. The lowest BCUT2D eigenvalue weighted by atomic mass is 10.1. The summed E-state index contributed by atoms with van der Waals surface area (Å²) in [6.45, 7) is 0.0501. The van der Waals surface area contributed by atoms with Gasteiger partial charge < -0.3 is 15.1 Å². The van der Waals surface area contributed by atoms with Gasteiger partial charge in [0.05, 0.1) is 39.5 Å². The lowest BCUT2D eigenvalue weighted by molar-refractivity contribution is 0.195. The molecule has 11 heteroatoms. The van der Waals surface area contributed by atoms with Gasteiger partial charge in [-0.25, -0.2) is 15.0 Å². The van der Waals surface area contributed by atoms with Crippen molar-refractivity contribution in [3.05, 3.63) is 99.7 Å². The molecular weight excluding hydrogens is 569 g/mol. The summed E-state index contributed by atoms with van der Waals surface area (Å²) in [6.07, 6.45) is 3.49. The Morgan fingerprint density at radius 2 is 1.75 bits per heavy atom. The van der Waals surface area contributed by atoms with Crippen molar-refractivity contribution in [1.29, 1.82) is 5.26 Å². The summed E-state index contributed by atoms with van der Waals surface area (Å²) in [6, 6.07) is 21.3. The third-order valence-electron chi connectivity index (χ3n) is 6.02. The molecule has 2 heterocycles. The molecule has 2 N–H and O–H groups in total. The van der Waals surface area contributed by atoms with Crippen LogP contribution in [0, 0.1) is 11.3 Å². The van der Waals surface area contributed by atoms with Crippen molar-refractivity contribution < 1.29 is 15.1 Å². The number of aliphatic hydroxyl groups is 1. The predicted octanol–water partition coefficient (Wildman–Crippen LogP) is 6.88. The van der Waals surface area contributed by atoms with E-state index in [2.05, 4.69) is 16.0 Å². The van der Waals surface area contributed by atoms with Crippen molar-refractivity contribution in [2.75, 3.05) is 6.26 Å². The zero-order valence-electron chi connectivity index (χ0n) is 21.0. The van der Waals surface area contributed by atoms with Crippen molar-refractivity contribution in [3.63, 3.8) is 0 Å². The minimum Gasteiger partial charge on any atom is -0.489 e. The van der Waals surface area contributed by atoms with Crippen LogP contribution in [0.2, 0.25) is 10.0 Å². The summed E-state index contributed by atoms with van der Waals surface area (Å²) in [5, 5.41) is 31.0. The van der Waals surface area contributed by atoms with Gasteiger partial charge in [-0.2, -0.15) is 9.99 Å². The molecule has 0 radical (unpaired) electrons. The normalized spacial score (nSPS) is 10.9. The topological polar surface area (TPSA) is 117 Å². The van der Waals surface area contributed by atoms with Gasteiger partial charge in [-0.05, 0) is 59.8 Å². The van der Waals surface area contributed by atoms with Gasteiger partial charge in [-0.15, -0.1) is 0 Å². The molecule has 3 aromatic carbocycles. The van der Waals surface area contributed by atoms with E-state index in [0.717, 1.165) is 10.3 Å². The molecule has 5 rings (SSSR count). The highest BCUT2D eigenvalue weighted by Gasteiger charge is 2.25. The Morgan fingerprint density at radius 3 is 2.42 bits per heavy atom. The van der Waals surface area contributed by atoms with Crippen molar-refractivity contribution in [3.8, 4) is 45.9 Å². The molecule has 200 valence electrons. The zero-order valence-corrected chi connectivity index (χ0v) is 23.4. The van der Waals surface area contributed by atoms with Gasteiger partial charge in [0.25, 0.3) is 0 Å². The summed E-state index contributed by atoms with van der Waals surface area (Å²) in [5.41, 5.74) is 4.15. The van der Waals surface area contributed by atoms with Crippen molar-refractivity contribution in [1.82, 2.24) is 19.7 Å². The molecule has 5 aromatic rings. The smallest absolute Gasteiger partial charge is 0.187 e. The van der Waals surface area contributed by atoms with E-state index in [1.165, 1.54) is 11.8 Å². The van der Waals surface area contributed by atoms with Crippen LogP contribution in [0.3, 0.4) is 0 Å². The highest BCUT2D eigenvalue weighted by molar-refractivity contribution is 7.98. The fourth-order valence-corrected chi connectivity index (χ4v) is 5.15. The molecule has 0 aliphatic carbocycles. The Kier molecular flexibility index (Phi) is 8.24. The zero-order chi connectivity index (χ0) is 28.2. The average molecular weight is 590 g/mol. The Hall–Kier alpha value is -4.07. The molecule has 0 fully saturated rings. The van der Waals surface area contributed by atoms with Crippen LogP contribution in [0.5, 0.6) is 5.75 Å². The molecule has 0 unspecified atom stereocenters. The lowest BCUT2D eigenvalue weighted by Crippen LogP contribution is -2.00. The van der Waals surface area contributed by atoms with Gasteiger partial charge in [-0.3, -0.25) is 0 Å². The molecule has 0 saturated heterocycles. The average Bonchev–Trinajstić information content (AvgIpc) is 3.32. The van der Waals surface area contributed by atoms with Crippen LogP contribution < -0.4 is 4.74 Å². The van der Waals surface area contributed by atoms with Crippen LogP contribution in [0.25, 0.3) is 34.0 Å². The Labute approximate surface area is 244 Å². The second kappa shape index (κ2) is 12.0. The predicted molar refractivity (Wildman–Crippen MR) is 155 cm³/mol. The summed E-state index contributed by atoms with van der Waals surface area (Å²) in [7, 11) is 0. The number of benzene rings is 3. The number of nitriles is 1. The van der Waals surface area contributed by atoms with Gasteiger partial charge in [0.1, 0.15) is 23.7 Å². The summed E-state index contributed by atoms with van der Waals surface area (Å²) < 4.78 is 6.95. The maximum atomic E-state index is 11.5. The molecule has 0 aliphatic heterocycles. The number of rotatable bonds is 8. The van der Waals surface area contributed by atoms with Gasteiger partial charge in [0.2, 0.25) is 0 Å². The SMILES string of the molecule is CSc1nccc(-c2nc(-c3c(Cl)cc(CO)cc3Cl)n(O)c2-c2cccc(OCc3ccc(C#N)cc3)c2)n1. The molecule has 0 saturated carbocycles. The van der Waals surface area contributed by atoms with E-state index in [1.54, 1.807) is 42.6 Å². The first-order valence-corrected chi connectivity index (χ1v) is 13.9. The van der Waals surface area contributed by atoms with E-state index in [9.17, 15) is 10.3 Å². The van der Waals surface area contributed by atoms with Crippen LogP contribution in [-0.4, -0.2) is 36.3 Å². The molecule has 0 amide bonds. The summed E-state index contributed by atoms with van der Waals surface area (Å²) in [5.74, 6) is 0.670. The van der Waals surface area contributed by atoms with Crippen LogP contribution >= 0.6 is 35.0 Å². The van der Waals surface area contributed by atoms with E-state index in [-0.39, 0.29) is 29.1 Å². The van der Waals surface area contributed by atoms with E-state index >= 15 is 0 Å². The van der Waals surface area contributed by atoms with E-state index in [1.807, 2.05) is 36.6 Å². The highest BCUT2D eigenvalue weighted by Crippen LogP contribution is 2.41. The van der Waals surface area contributed by atoms with Crippen LogP contribution in [0.1, 0.15) is 16.7 Å². The number of hydrogen-bond acceptors (Lipinski definition) is 8. The lowest BCUT2D eigenvalue weighted by Gasteiger charge is -2.11. The Balaban J connectivity index is 1.60. The number of ether oxygens (including phenoxy) is 1. The van der Waals surface area contributed by atoms with Crippen molar-refractivity contribution >= 4 is 35.0 Å². The maximum Gasteiger partial charge on any atom is 0.187 e. The number of halogens is 2. The third-order valence-corrected chi connectivity index (χ3v) is 7.18. The largest absolute Gasteiger partial charge is 0.489 e. The van der Waals surface area contributed by atoms with E-state index < -0.39 is 0 Å². The summed E-state index contributed by atoms with van der Waals surface area (Å²) in [4.78, 5) is 13.6. The fraction of sp³-hybridized carbons (Fsp3) is 0.103. The van der Waals surface area contributed by atoms with Crippen LogP contribution in [0.4, 0.5) is 0 Å². The third kappa shape index (κ3) is 5.62.